The van der Waals surface area contributed by atoms with Gasteiger partial charge in [-0.25, -0.2) is 14.2 Å². The molecule has 6 nitrogen and oxygen atoms in total. The van der Waals surface area contributed by atoms with E-state index >= 15 is 0 Å². The number of allylic oxidation sites excluding steroid dienone is 1. The maximum Gasteiger partial charge on any atom is 0.338 e. The summed E-state index contributed by atoms with van der Waals surface area (Å²) >= 11 is 1.27. The first kappa shape index (κ1) is 24.6. The molecule has 0 aliphatic carbocycles. The molecule has 2 aromatic carbocycles. The van der Waals surface area contributed by atoms with Crippen molar-refractivity contribution in [1.29, 1.82) is 0 Å². The topological polar surface area (TPSA) is 63.9 Å². The SMILES string of the molecule is CCOC(=O)C1=C(C)N=c2s/c(=C\c3ccc(N(CC)CC)cc3)c(=O)n2[C@@H]1c1ccc(F)cc1. The van der Waals surface area contributed by atoms with E-state index in [1.54, 1.807) is 26.0 Å². The highest BCUT2D eigenvalue weighted by Gasteiger charge is 2.33. The fourth-order valence-electron chi connectivity index (χ4n) is 4.27. The third kappa shape index (κ3) is 4.84. The molecular formula is C27H28FN3O3S. The van der Waals surface area contributed by atoms with Crippen LogP contribution >= 0.6 is 11.3 Å². The van der Waals surface area contributed by atoms with Crippen LogP contribution in [0.5, 0.6) is 0 Å². The lowest BCUT2D eigenvalue weighted by Gasteiger charge is -2.24. The molecule has 8 heteroatoms. The summed E-state index contributed by atoms with van der Waals surface area (Å²) in [5.74, 6) is -0.933. The van der Waals surface area contributed by atoms with Gasteiger partial charge in [-0.15, -0.1) is 0 Å². The Labute approximate surface area is 207 Å². The van der Waals surface area contributed by atoms with Gasteiger partial charge >= 0.3 is 5.97 Å². The van der Waals surface area contributed by atoms with Gasteiger partial charge in [0.1, 0.15) is 5.82 Å². The second kappa shape index (κ2) is 10.4. The van der Waals surface area contributed by atoms with Gasteiger partial charge in [-0.05, 0) is 69.2 Å². The number of halogens is 1. The normalized spacial score (nSPS) is 15.6. The number of anilines is 1. The van der Waals surface area contributed by atoms with Gasteiger partial charge in [0.15, 0.2) is 4.80 Å². The molecule has 2 heterocycles. The lowest BCUT2D eigenvalue weighted by atomic mass is 9.96. The number of rotatable bonds is 7. The molecule has 1 aliphatic rings. The average Bonchev–Trinajstić information content (AvgIpc) is 3.15. The summed E-state index contributed by atoms with van der Waals surface area (Å²) in [4.78, 5) is 33.8. The first-order chi connectivity index (χ1) is 16.9. The maximum absolute atomic E-state index is 13.7. The molecule has 0 N–H and O–H groups in total. The predicted molar refractivity (Wildman–Crippen MR) is 137 cm³/mol. The van der Waals surface area contributed by atoms with Crippen LogP contribution in [0, 0.1) is 5.82 Å². The Balaban J connectivity index is 1.85. The second-order valence-electron chi connectivity index (χ2n) is 8.12. The Morgan fingerprint density at radius 1 is 1.11 bits per heavy atom. The lowest BCUT2D eigenvalue weighted by molar-refractivity contribution is -0.139. The van der Waals surface area contributed by atoms with Crippen LogP contribution in [-0.2, 0) is 9.53 Å². The van der Waals surface area contributed by atoms with Gasteiger partial charge < -0.3 is 9.64 Å². The van der Waals surface area contributed by atoms with Crippen molar-refractivity contribution in [3.63, 3.8) is 0 Å². The van der Waals surface area contributed by atoms with E-state index in [0.717, 1.165) is 24.3 Å². The molecule has 1 aromatic heterocycles. The van der Waals surface area contributed by atoms with E-state index < -0.39 is 17.8 Å². The number of carbonyl (C=O) groups is 1. The van der Waals surface area contributed by atoms with Gasteiger partial charge in [-0.2, -0.15) is 0 Å². The fraction of sp³-hybridized carbons (Fsp3) is 0.296. The van der Waals surface area contributed by atoms with Crippen LogP contribution in [0.15, 0.2) is 69.6 Å². The first-order valence-electron chi connectivity index (χ1n) is 11.7. The van der Waals surface area contributed by atoms with E-state index in [0.29, 0.717) is 20.6 Å². The van der Waals surface area contributed by atoms with E-state index in [9.17, 15) is 14.0 Å². The van der Waals surface area contributed by atoms with Gasteiger partial charge in [-0.3, -0.25) is 9.36 Å². The summed E-state index contributed by atoms with van der Waals surface area (Å²) in [7, 11) is 0. The number of benzene rings is 2. The molecule has 35 heavy (non-hydrogen) atoms. The van der Waals surface area contributed by atoms with Crippen LogP contribution in [-0.4, -0.2) is 30.2 Å². The Bertz CT molecular complexity index is 1430. The van der Waals surface area contributed by atoms with E-state index in [1.807, 2.05) is 30.3 Å². The zero-order valence-electron chi connectivity index (χ0n) is 20.2. The molecule has 182 valence electrons. The largest absolute Gasteiger partial charge is 0.463 e. The summed E-state index contributed by atoms with van der Waals surface area (Å²) in [6.07, 6.45) is 1.83. The van der Waals surface area contributed by atoms with Gasteiger partial charge in [-0.1, -0.05) is 35.6 Å². The highest BCUT2D eigenvalue weighted by Crippen LogP contribution is 2.30. The van der Waals surface area contributed by atoms with Gasteiger partial charge in [0, 0.05) is 18.8 Å². The van der Waals surface area contributed by atoms with Crippen LogP contribution in [0.1, 0.15) is 44.9 Å². The Kier molecular flexibility index (Phi) is 7.31. The van der Waals surface area contributed by atoms with Crippen LogP contribution in [0.4, 0.5) is 10.1 Å². The quantitative estimate of drug-likeness (QED) is 0.470. The highest BCUT2D eigenvalue weighted by atomic mass is 32.1. The van der Waals surface area contributed by atoms with Crippen molar-refractivity contribution < 1.29 is 13.9 Å². The van der Waals surface area contributed by atoms with Crippen molar-refractivity contribution in [2.75, 3.05) is 24.6 Å². The molecular weight excluding hydrogens is 465 g/mol. The average molecular weight is 494 g/mol. The van der Waals surface area contributed by atoms with E-state index in [4.69, 9.17) is 4.74 Å². The number of aromatic nitrogens is 1. The zero-order valence-corrected chi connectivity index (χ0v) is 21.1. The molecule has 0 saturated heterocycles. The molecule has 3 aromatic rings. The smallest absolute Gasteiger partial charge is 0.338 e. The number of carbonyl (C=O) groups excluding carboxylic acids is 1. The summed E-state index contributed by atoms with van der Waals surface area (Å²) in [6.45, 7) is 9.71. The van der Waals surface area contributed by atoms with E-state index in [2.05, 4.69) is 23.7 Å². The van der Waals surface area contributed by atoms with Crippen molar-refractivity contribution in [2.45, 2.75) is 33.7 Å². The Hall–Kier alpha value is -3.52. The molecule has 1 aliphatic heterocycles. The van der Waals surface area contributed by atoms with Crippen LogP contribution in [0.2, 0.25) is 0 Å². The van der Waals surface area contributed by atoms with Crippen molar-refractivity contribution in [3.8, 4) is 0 Å². The molecule has 1 atom stereocenters. The second-order valence-corrected chi connectivity index (χ2v) is 9.13. The van der Waals surface area contributed by atoms with E-state index in [1.165, 1.54) is 28.0 Å². The highest BCUT2D eigenvalue weighted by molar-refractivity contribution is 7.07. The van der Waals surface area contributed by atoms with Crippen LogP contribution in [0.3, 0.4) is 0 Å². The molecule has 0 bridgehead atoms. The maximum atomic E-state index is 13.7. The minimum Gasteiger partial charge on any atom is -0.463 e. The summed E-state index contributed by atoms with van der Waals surface area (Å²) < 4.78 is 20.9. The van der Waals surface area contributed by atoms with Crippen molar-refractivity contribution in [1.82, 2.24) is 4.57 Å². The van der Waals surface area contributed by atoms with Crippen molar-refractivity contribution in [3.05, 3.63) is 96.4 Å². The summed E-state index contributed by atoms with van der Waals surface area (Å²) in [5, 5.41) is 0. The monoisotopic (exact) mass is 493 g/mol. The van der Waals surface area contributed by atoms with Gasteiger partial charge in [0.2, 0.25) is 0 Å². The zero-order chi connectivity index (χ0) is 25.1. The minimum absolute atomic E-state index is 0.194. The summed E-state index contributed by atoms with van der Waals surface area (Å²) in [5.41, 5.74) is 3.13. The van der Waals surface area contributed by atoms with Crippen molar-refractivity contribution in [2.24, 2.45) is 4.99 Å². The third-order valence-corrected chi connectivity index (χ3v) is 7.01. The number of thiazole rings is 1. The number of esters is 1. The third-order valence-electron chi connectivity index (χ3n) is 6.02. The summed E-state index contributed by atoms with van der Waals surface area (Å²) in [6, 6.07) is 13.1. The number of ether oxygens (including phenoxy) is 1. The molecule has 0 fully saturated rings. The molecule has 0 unspecified atom stereocenters. The number of nitrogens with zero attached hydrogens (tertiary/aromatic N) is 3. The molecule has 0 radical (unpaired) electrons. The van der Waals surface area contributed by atoms with E-state index in [-0.39, 0.29) is 17.7 Å². The molecule has 0 spiro atoms. The lowest BCUT2D eigenvalue weighted by Crippen LogP contribution is -2.39. The Morgan fingerprint density at radius 3 is 2.37 bits per heavy atom. The number of hydrogen-bond acceptors (Lipinski definition) is 6. The van der Waals surface area contributed by atoms with Gasteiger partial charge in [0.05, 0.1) is 28.5 Å². The number of hydrogen-bond donors (Lipinski definition) is 0. The van der Waals surface area contributed by atoms with Crippen LogP contribution in [0.25, 0.3) is 6.08 Å². The first-order valence-corrected chi connectivity index (χ1v) is 12.5. The molecule has 4 rings (SSSR count). The molecule has 0 saturated carbocycles. The molecule has 0 amide bonds. The minimum atomic E-state index is -0.752. The number of fused-ring (bicyclic) bond motifs is 1. The van der Waals surface area contributed by atoms with Crippen molar-refractivity contribution >= 4 is 29.1 Å². The van der Waals surface area contributed by atoms with Crippen LogP contribution < -0.4 is 19.8 Å². The van der Waals surface area contributed by atoms with Gasteiger partial charge in [0.25, 0.3) is 5.56 Å². The Morgan fingerprint density at radius 2 is 1.77 bits per heavy atom. The standard InChI is InChI=1S/C27H28FN3O3S/c1-5-30(6-2)21-14-8-18(9-15-21)16-22-25(32)31-24(19-10-12-20(28)13-11-19)23(26(33)34-7-3)17(4)29-27(31)35-22/h8-16,24H,5-7H2,1-4H3/b22-16-/t24-/m1/s1. The fourth-order valence-corrected chi connectivity index (χ4v) is 5.32. The predicted octanol–water partition coefficient (Wildman–Crippen LogP) is 3.78.